The summed E-state index contributed by atoms with van der Waals surface area (Å²) in [6.45, 7) is 1.77. The van der Waals surface area contributed by atoms with E-state index >= 15 is 0 Å². The van der Waals surface area contributed by atoms with E-state index in [0.717, 1.165) is 12.5 Å². The molecule has 0 aromatic heterocycles. The fraction of sp³-hybridized carbons (Fsp3) is 0.385. The van der Waals surface area contributed by atoms with Gasteiger partial charge in [-0.25, -0.2) is 14.0 Å². The van der Waals surface area contributed by atoms with E-state index in [-0.39, 0.29) is 17.2 Å². The minimum Gasteiger partial charge on any atom is -0.478 e. The molecule has 1 heterocycles. The summed E-state index contributed by atoms with van der Waals surface area (Å²) in [5, 5.41) is 13.7. The number of carbonyl (C=O) groups excluding carboxylic acids is 1. The number of anilines is 1. The van der Waals surface area contributed by atoms with E-state index < -0.39 is 17.8 Å². The lowest BCUT2D eigenvalue weighted by atomic mass is 10.1. The quantitative estimate of drug-likeness (QED) is 0.784. The summed E-state index contributed by atoms with van der Waals surface area (Å²) in [6.07, 6.45) is 0.891. The number of hydrogen-bond acceptors (Lipinski definition) is 3. The van der Waals surface area contributed by atoms with Crippen LogP contribution in [0.5, 0.6) is 0 Å². The molecule has 2 rings (SSSR count). The van der Waals surface area contributed by atoms with Gasteiger partial charge in [-0.1, -0.05) is 0 Å². The van der Waals surface area contributed by atoms with Gasteiger partial charge in [0.05, 0.1) is 17.9 Å². The van der Waals surface area contributed by atoms with Crippen LogP contribution in [0.1, 0.15) is 16.8 Å². The van der Waals surface area contributed by atoms with Crippen molar-refractivity contribution >= 4 is 17.7 Å². The van der Waals surface area contributed by atoms with Crippen LogP contribution in [0.15, 0.2) is 18.2 Å². The molecule has 108 valence electrons. The molecule has 1 aromatic rings. The predicted octanol–water partition coefficient (Wildman–Crippen LogP) is 1.68. The fourth-order valence-corrected chi connectivity index (χ4v) is 1.90. The van der Waals surface area contributed by atoms with Crippen molar-refractivity contribution in [2.45, 2.75) is 6.42 Å². The minimum absolute atomic E-state index is 0.0600. The Hall–Kier alpha value is -2.15. The number of carboxylic acids is 1. The first-order valence-electron chi connectivity index (χ1n) is 6.21. The van der Waals surface area contributed by atoms with Crippen LogP contribution in [-0.4, -0.2) is 36.9 Å². The Labute approximate surface area is 114 Å². The third-order valence-electron chi connectivity index (χ3n) is 3.04. The van der Waals surface area contributed by atoms with Gasteiger partial charge in [0.2, 0.25) is 0 Å². The van der Waals surface area contributed by atoms with E-state index in [0.29, 0.717) is 19.8 Å². The summed E-state index contributed by atoms with van der Waals surface area (Å²) in [5.41, 5.74) is -0.230. The predicted molar refractivity (Wildman–Crippen MR) is 69.3 cm³/mol. The Morgan fingerprint density at radius 1 is 1.45 bits per heavy atom. The van der Waals surface area contributed by atoms with E-state index in [2.05, 4.69) is 10.6 Å². The van der Waals surface area contributed by atoms with Gasteiger partial charge < -0.3 is 20.5 Å². The normalized spacial score (nSPS) is 17.8. The Kier molecular flexibility index (Phi) is 4.52. The Bertz CT molecular complexity index is 515. The number of hydrogen-bond donors (Lipinski definition) is 3. The van der Waals surface area contributed by atoms with Crippen LogP contribution < -0.4 is 10.6 Å². The monoisotopic (exact) mass is 282 g/mol. The molecule has 1 aromatic carbocycles. The second-order valence-electron chi connectivity index (χ2n) is 4.56. The van der Waals surface area contributed by atoms with Crippen LogP contribution in [0.3, 0.4) is 0 Å². The van der Waals surface area contributed by atoms with Gasteiger partial charge in [0.15, 0.2) is 0 Å². The molecule has 0 radical (unpaired) electrons. The number of rotatable bonds is 4. The zero-order valence-electron chi connectivity index (χ0n) is 10.7. The van der Waals surface area contributed by atoms with Crippen LogP contribution in [0.25, 0.3) is 0 Å². The maximum Gasteiger partial charge on any atom is 0.335 e. The minimum atomic E-state index is -1.22. The van der Waals surface area contributed by atoms with Crippen molar-refractivity contribution in [3.05, 3.63) is 29.6 Å². The summed E-state index contributed by atoms with van der Waals surface area (Å²) in [4.78, 5) is 22.3. The number of carboxylic acid groups (broad SMARTS) is 1. The summed E-state index contributed by atoms with van der Waals surface area (Å²) in [5.74, 6) is -1.73. The molecule has 0 aliphatic carbocycles. The third-order valence-corrected chi connectivity index (χ3v) is 3.04. The van der Waals surface area contributed by atoms with Crippen molar-refractivity contribution in [3.8, 4) is 0 Å². The first-order chi connectivity index (χ1) is 9.56. The molecular formula is C13H15FN2O4. The van der Waals surface area contributed by atoms with Gasteiger partial charge in [0.25, 0.3) is 0 Å². The largest absolute Gasteiger partial charge is 0.478 e. The summed E-state index contributed by atoms with van der Waals surface area (Å²) in [7, 11) is 0. The lowest BCUT2D eigenvalue weighted by Gasteiger charge is -2.11. The van der Waals surface area contributed by atoms with Gasteiger partial charge >= 0.3 is 12.0 Å². The summed E-state index contributed by atoms with van der Waals surface area (Å²) in [6, 6.07) is 2.78. The maximum absolute atomic E-state index is 13.6. The standard InChI is InChI=1S/C13H15FN2O4/c14-10-5-9(12(17)18)1-2-11(10)16-13(19)15-6-8-3-4-20-7-8/h1-2,5,8H,3-4,6-7H2,(H,17,18)(H2,15,16,19). The van der Waals surface area contributed by atoms with Gasteiger partial charge in [0.1, 0.15) is 5.82 Å². The number of nitrogens with one attached hydrogen (secondary N) is 2. The van der Waals surface area contributed by atoms with Crippen molar-refractivity contribution < 1.29 is 23.8 Å². The molecule has 3 N–H and O–H groups in total. The highest BCUT2D eigenvalue weighted by molar-refractivity contribution is 5.91. The Balaban J connectivity index is 1.88. The highest BCUT2D eigenvalue weighted by atomic mass is 19.1. The number of amides is 2. The number of ether oxygens (including phenoxy) is 1. The molecule has 1 saturated heterocycles. The smallest absolute Gasteiger partial charge is 0.335 e. The molecule has 1 aliphatic rings. The molecule has 6 nitrogen and oxygen atoms in total. The van der Waals surface area contributed by atoms with E-state index in [4.69, 9.17) is 9.84 Å². The fourth-order valence-electron chi connectivity index (χ4n) is 1.90. The van der Waals surface area contributed by atoms with E-state index in [1.165, 1.54) is 12.1 Å². The SMILES string of the molecule is O=C(NCC1CCOC1)Nc1ccc(C(=O)O)cc1F. The van der Waals surface area contributed by atoms with Crippen LogP contribution >= 0.6 is 0 Å². The van der Waals surface area contributed by atoms with E-state index in [1.54, 1.807) is 0 Å². The molecule has 7 heteroatoms. The molecule has 0 spiro atoms. The second kappa shape index (κ2) is 6.33. The Morgan fingerprint density at radius 2 is 2.25 bits per heavy atom. The number of benzene rings is 1. The van der Waals surface area contributed by atoms with Crippen LogP contribution in [0.4, 0.5) is 14.9 Å². The molecule has 1 fully saturated rings. The van der Waals surface area contributed by atoms with Crippen LogP contribution in [-0.2, 0) is 4.74 Å². The second-order valence-corrected chi connectivity index (χ2v) is 4.56. The molecule has 1 aliphatic heterocycles. The van der Waals surface area contributed by atoms with E-state index in [9.17, 15) is 14.0 Å². The van der Waals surface area contributed by atoms with Gasteiger partial charge in [-0.05, 0) is 24.6 Å². The molecule has 2 amide bonds. The molecule has 0 saturated carbocycles. The van der Waals surface area contributed by atoms with E-state index in [1.807, 2.05) is 0 Å². The zero-order chi connectivity index (χ0) is 14.5. The highest BCUT2D eigenvalue weighted by Crippen LogP contribution is 2.16. The molecule has 1 unspecified atom stereocenters. The number of aromatic carboxylic acids is 1. The lowest BCUT2D eigenvalue weighted by Crippen LogP contribution is -2.33. The van der Waals surface area contributed by atoms with Crippen molar-refractivity contribution in [1.82, 2.24) is 5.32 Å². The number of halogens is 1. The molecular weight excluding hydrogens is 267 g/mol. The first-order valence-corrected chi connectivity index (χ1v) is 6.21. The highest BCUT2D eigenvalue weighted by Gasteiger charge is 2.17. The lowest BCUT2D eigenvalue weighted by molar-refractivity contribution is 0.0696. The molecule has 0 bridgehead atoms. The summed E-state index contributed by atoms with van der Waals surface area (Å²) >= 11 is 0. The first kappa shape index (κ1) is 14.3. The average molecular weight is 282 g/mol. The average Bonchev–Trinajstić information content (AvgIpc) is 2.91. The van der Waals surface area contributed by atoms with Gasteiger partial charge in [-0.2, -0.15) is 0 Å². The van der Waals surface area contributed by atoms with Crippen LogP contribution in [0, 0.1) is 11.7 Å². The van der Waals surface area contributed by atoms with Gasteiger partial charge in [0, 0.05) is 19.1 Å². The Morgan fingerprint density at radius 3 is 2.85 bits per heavy atom. The van der Waals surface area contributed by atoms with Crippen molar-refractivity contribution in [3.63, 3.8) is 0 Å². The van der Waals surface area contributed by atoms with Crippen molar-refractivity contribution in [2.24, 2.45) is 5.92 Å². The van der Waals surface area contributed by atoms with Gasteiger partial charge in [-0.3, -0.25) is 0 Å². The third kappa shape index (κ3) is 3.67. The number of carbonyl (C=O) groups is 2. The van der Waals surface area contributed by atoms with Crippen LogP contribution in [0.2, 0.25) is 0 Å². The van der Waals surface area contributed by atoms with Crippen molar-refractivity contribution in [2.75, 3.05) is 25.1 Å². The van der Waals surface area contributed by atoms with Crippen molar-refractivity contribution in [1.29, 1.82) is 0 Å². The topological polar surface area (TPSA) is 87.7 Å². The maximum atomic E-state index is 13.6. The van der Waals surface area contributed by atoms with Gasteiger partial charge in [-0.15, -0.1) is 0 Å². The number of urea groups is 1. The zero-order valence-corrected chi connectivity index (χ0v) is 10.7. The molecule has 1 atom stereocenters. The summed E-state index contributed by atoms with van der Waals surface area (Å²) < 4.78 is 18.8. The molecule has 20 heavy (non-hydrogen) atoms.